The first-order valence-corrected chi connectivity index (χ1v) is 7.08. The molecule has 0 aromatic heterocycles. The third-order valence-corrected chi connectivity index (χ3v) is 5.15. The molecule has 1 aliphatic carbocycles. The van der Waals surface area contributed by atoms with E-state index in [1.807, 2.05) is 0 Å². The van der Waals surface area contributed by atoms with Crippen molar-refractivity contribution in [1.29, 1.82) is 0 Å². The summed E-state index contributed by atoms with van der Waals surface area (Å²) in [5.41, 5.74) is 0. The van der Waals surface area contributed by atoms with Crippen LogP contribution in [0.3, 0.4) is 0 Å². The van der Waals surface area contributed by atoms with E-state index in [9.17, 15) is 12.8 Å². The molecular formula is C12H16FNO2S. The third kappa shape index (κ3) is 2.50. The van der Waals surface area contributed by atoms with Crippen molar-refractivity contribution < 1.29 is 12.8 Å². The molecule has 3 nitrogen and oxygen atoms in total. The van der Waals surface area contributed by atoms with Crippen molar-refractivity contribution in [1.82, 2.24) is 4.31 Å². The molecule has 5 heteroatoms. The van der Waals surface area contributed by atoms with E-state index < -0.39 is 15.8 Å². The number of nitrogens with zero attached hydrogens (tertiary/aromatic N) is 1. The highest BCUT2D eigenvalue weighted by Gasteiger charge is 2.36. The van der Waals surface area contributed by atoms with Gasteiger partial charge in [-0.1, -0.05) is 19.1 Å². The van der Waals surface area contributed by atoms with Crippen molar-refractivity contribution in [3.63, 3.8) is 0 Å². The van der Waals surface area contributed by atoms with Crippen LogP contribution in [0.2, 0.25) is 0 Å². The lowest BCUT2D eigenvalue weighted by Gasteiger charge is -2.17. The first kappa shape index (κ1) is 12.5. The van der Waals surface area contributed by atoms with E-state index in [0.29, 0.717) is 18.4 Å². The lowest BCUT2D eigenvalue weighted by molar-refractivity contribution is 0.440. The molecule has 0 N–H and O–H groups in total. The largest absolute Gasteiger partial charge is 0.245 e. The third-order valence-electron chi connectivity index (χ3n) is 3.29. The van der Waals surface area contributed by atoms with Gasteiger partial charge in [-0.05, 0) is 30.4 Å². The summed E-state index contributed by atoms with van der Waals surface area (Å²) in [6.45, 7) is 2.56. The molecule has 1 aromatic rings. The van der Waals surface area contributed by atoms with Crippen molar-refractivity contribution in [2.75, 3.05) is 13.6 Å². The zero-order chi connectivity index (χ0) is 12.6. The Labute approximate surface area is 101 Å². The number of hydrogen-bond acceptors (Lipinski definition) is 2. The second kappa shape index (κ2) is 4.38. The Hall–Kier alpha value is -0.940. The molecule has 94 valence electrons. The predicted molar refractivity (Wildman–Crippen MR) is 63.5 cm³/mol. The number of halogens is 1. The fraction of sp³-hybridized carbons (Fsp3) is 0.500. The van der Waals surface area contributed by atoms with Gasteiger partial charge in [-0.15, -0.1) is 0 Å². The van der Waals surface area contributed by atoms with E-state index in [1.165, 1.54) is 35.6 Å². The van der Waals surface area contributed by atoms with Crippen molar-refractivity contribution in [2.45, 2.75) is 18.2 Å². The normalized spacial score (nSPS) is 24.0. The maximum absolute atomic E-state index is 13.5. The van der Waals surface area contributed by atoms with E-state index in [1.54, 1.807) is 0 Å². The van der Waals surface area contributed by atoms with Gasteiger partial charge in [-0.25, -0.2) is 17.1 Å². The highest BCUT2D eigenvalue weighted by molar-refractivity contribution is 7.89. The monoisotopic (exact) mass is 257 g/mol. The number of rotatable bonds is 4. The fourth-order valence-corrected chi connectivity index (χ4v) is 3.19. The SMILES string of the molecule is CC1CC1CN(C)S(=O)(=O)c1ccccc1F. The summed E-state index contributed by atoms with van der Waals surface area (Å²) in [7, 11) is -2.18. The van der Waals surface area contributed by atoms with Crippen LogP contribution in [0.1, 0.15) is 13.3 Å². The van der Waals surface area contributed by atoms with Gasteiger partial charge in [0.15, 0.2) is 0 Å². The lowest BCUT2D eigenvalue weighted by atomic mass is 10.3. The van der Waals surface area contributed by atoms with Gasteiger partial charge in [-0.3, -0.25) is 0 Å². The Kier molecular flexibility index (Phi) is 3.23. The molecule has 17 heavy (non-hydrogen) atoms. The molecule has 1 fully saturated rings. The molecule has 0 aliphatic heterocycles. The Morgan fingerprint density at radius 1 is 1.41 bits per heavy atom. The Balaban J connectivity index is 2.21. The summed E-state index contributed by atoms with van der Waals surface area (Å²) in [5.74, 6) is 0.304. The van der Waals surface area contributed by atoms with Gasteiger partial charge in [0.1, 0.15) is 10.7 Å². The van der Waals surface area contributed by atoms with Gasteiger partial charge >= 0.3 is 0 Å². The van der Waals surface area contributed by atoms with Crippen LogP contribution in [0, 0.1) is 17.7 Å². The fourth-order valence-electron chi connectivity index (χ4n) is 1.90. The van der Waals surface area contributed by atoms with Gasteiger partial charge in [0.25, 0.3) is 0 Å². The molecule has 0 spiro atoms. The van der Waals surface area contributed by atoms with Crippen LogP contribution < -0.4 is 0 Å². The summed E-state index contributed by atoms with van der Waals surface area (Å²) in [5, 5.41) is 0. The average molecular weight is 257 g/mol. The van der Waals surface area contributed by atoms with E-state index in [0.717, 1.165) is 6.42 Å². The highest BCUT2D eigenvalue weighted by atomic mass is 32.2. The minimum atomic E-state index is -3.69. The van der Waals surface area contributed by atoms with Gasteiger partial charge < -0.3 is 0 Å². The summed E-state index contributed by atoms with van der Waals surface area (Å²) in [6.07, 6.45) is 1.05. The summed E-state index contributed by atoms with van der Waals surface area (Å²) >= 11 is 0. The van der Waals surface area contributed by atoms with Crippen molar-refractivity contribution in [2.24, 2.45) is 11.8 Å². The summed E-state index contributed by atoms with van der Waals surface area (Å²) in [4.78, 5) is -0.240. The first-order valence-electron chi connectivity index (χ1n) is 5.64. The standard InChI is InChI=1S/C12H16FNO2S/c1-9-7-10(9)8-14(2)17(15,16)12-6-4-3-5-11(12)13/h3-6,9-10H,7-8H2,1-2H3. The van der Waals surface area contributed by atoms with Crippen LogP contribution in [-0.2, 0) is 10.0 Å². The minimum Gasteiger partial charge on any atom is -0.207 e. The second-order valence-corrected chi connectivity index (χ2v) is 6.70. The van der Waals surface area contributed by atoms with E-state index >= 15 is 0 Å². The lowest BCUT2D eigenvalue weighted by Crippen LogP contribution is -2.29. The molecule has 2 unspecified atom stereocenters. The molecule has 1 aliphatic rings. The molecule has 1 saturated carbocycles. The van der Waals surface area contributed by atoms with Gasteiger partial charge in [0.2, 0.25) is 10.0 Å². The molecule has 0 saturated heterocycles. The zero-order valence-corrected chi connectivity index (χ0v) is 10.7. The number of benzene rings is 1. The molecular weight excluding hydrogens is 241 g/mol. The van der Waals surface area contributed by atoms with Gasteiger partial charge in [0, 0.05) is 13.6 Å². The van der Waals surface area contributed by atoms with Crippen LogP contribution in [0.5, 0.6) is 0 Å². The zero-order valence-electron chi connectivity index (χ0n) is 9.93. The van der Waals surface area contributed by atoms with Crippen molar-refractivity contribution in [3.05, 3.63) is 30.1 Å². The molecule has 2 atom stereocenters. The molecule has 1 aromatic carbocycles. The minimum absolute atomic E-state index is 0.240. The van der Waals surface area contributed by atoms with Crippen LogP contribution in [0.4, 0.5) is 4.39 Å². The molecule has 2 rings (SSSR count). The summed E-state index contributed by atoms with van der Waals surface area (Å²) in [6, 6.07) is 5.48. The molecule has 0 amide bonds. The van der Waals surface area contributed by atoms with E-state index in [2.05, 4.69) is 6.92 Å². The maximum Gasteiger partial charge on any atom is 0.245 e. The summed E-state index contributed by atoms with van der Waals surface area (Å²) < 4.78 is 38.9. The van der Waals surface area contributed by atoms with E-state index in [-0.39, 0.29) is 4.90 Å². The topological polar surface area (TPSA) is 37.4 Å². The molecule has 0 radical (unpaired) electrons. The Morgan fingerprint density at radius 2 is 2.00 bits per heavy atom. The van der Waals surface area contributed by atoms with Crippen molar-refractivity contribution in [3.8, 4) is 0 Å². The molecule has 0 heterocycles. The molecule has 0 bridgehead atoms. The smallest absolute Gasteiger partial charge is 0.207 e. The van der Waals surface area contributed by atoms with E-state index in [4.69, 9.17) is 0 Å². The van der Waals surface area contributed by atoms with Crippen molar-refractivity contribution >= 4 is 10.0 Å². The van der Waals surface area contributed by atoms with Crippen LogP contribution in [0.25, 0.3) is 0 Å². The number of hydrogen-bond donors (Lipinski definition) is 0. The van der Waals surface area contributed by atoms with Gasteiger partial charge in [0.05, 0.1) is 0 Å². The van der Waals surface area contributed by atoms with Gasteiger partial charge in [-0.2, -0.15) is 0 Å². The maximum atomic E-state index is 13.5. The quantitative estimate of drug-likeness (QED) is 0.828. The first-order chi connectivity index (χ1) is 7.93. The second-order valence-electron chi connectivity index (χ2n) is 4.69. The predicted octanol–water partition coefficient (Wildman–Crippen LogP) is 2.10. The van der Waals surface area contributed by atoms with Crippen LogP contribution in [0.15, 0.2) is 29.2 Å². The van der Waals surface area contributed by atoms with Crippen LogP contribution >= 0.6 is 0 Å². The number of sulfonamides is 1. The highest BCUT2D eigenvalue weighted by Crippen LogP contribution is 2.38. The average Bonchev–Trinajstić information content (AvgIpc) is 2.94. The Bertz CT molecular complexity index is 515. The Morgan fingerprint density at radius 3 is 2.53 bits per heavy atom. The van der Waals surface area contributed by atoms with Crippen LogP contribution in [-0.4, -0.2) is 26.3 Å².